The summed E-state index contributed by atoms with van der Waals surface area (Å²) in [7, 11) is 0. The zero-order chi connectivity index (χ0) is 13.8. The highest BCUT2D eigenvalue weighted by atomic mass is 15.3. The van der Waals surface area contributed by atoms with Crippen LogP contribution in [0.5, 0.6) is 0 Å². The Balaban J connectivity index is 1.77. The fraction of sp³-hybridized carbons (Fsp3) is 0.118. The van der Waals surface area contributed by atoms with Gasteiger partial charge in [-0.15, -0.1) is 0 Å². The standard InChI is InChI=1S/C17H17N3/c1-14(19-16-8-4-2-5-9-16)15-12-18-20(13-15)17-10-6-3-7-11-17/h2-14,19H,1H3. The molecule has 2 aromatic carbocycles. The number of rotatable bonds is 4. The second-order valence-corrected chi connectivity index (χ2v) is 4.79. The normalized spacial score (nSPS) is 12.1. The van der Waals surface area contributed by atoms with E-state index in [1.54, 1.807) is 0 Å². The fourth-order valence-electron chi connectivity index (χ4n) is 2.15. The molecule has 0 fully saturated rings. The van der Waals surface area contributed by atoms with Gasteiger partial charge < -0.3 is 5.32 Å². The van der Waals surface area contributed by atoms with Crippen LogP contribution in [0.15, 0.2) is 73.1 Å². The minimum atomic E-state index is 0.217. The molecule has 1 heterocycles. The maximum absolute atomic E-state index is 4.43. The highest BCUT2D eigenvalue weighted by Crippen LogP contribution is 2.19. The van der Waals surface area contributed by atoms with E-state index in [0.717, 1.165) is 16.9 Å². The van der Waals surface area contributed by atoms with Crippen molar-refractivity contribution in [2.24, 2.45) is 0 Å². The number of aromatic nitrogens is 2. The van der Waals surface area contributed by atoms with Crippen molar-refractivity contribution in [3.63, 3.8) is 0 Å². The predicted octanol–water partition coefficient (Wildman–Crippen LogP) is 4.05. The molecule has 0 saturated carbocycles. The first-order valence-electron chi connectivity index (χ1n) is 6.74. The second-order valence-electron chi connectivity index (χ2n) is 4.79. The molecule has 0 amide bonds. The van der Waals surface area contributed by atoms with Crippen LogP contribution in [0.4, 0.5) is 5.69 Å². The molecule has 0 saturated heterocycles. The third-order valence-corrected chi connectivity index (χ3v) is 3.28. The summed E-state index contributed by atoms with van der Waals surface area (Å²) in [4.78, 5) is 0. The molecule has 0 spiro atoms. The smallest absolute Gasteiger partial charge is 0.0645 e. The van der Waals surface area contributed by atoms with Crippen LogP contribution in [0.3, 0.4) is 0 Å². The number of anilines is 1. The van der Waals surface area contributed by atoms with Crippen LogP contribution in [-0.2, 0) is 0 Å². The molecule has 3 aromatic rings. The molecule has 1 aromatic heterocycles. The van der Waals surface area contributed by atoms with Crippen LogP contribution in [-0.4, -0.2) is 9.78 Å². The highest BCUT2D eigenvalue weighted by molar-refractivity contribution is 5.44. The summed E-state index contributed by atoms with van der Waals surface area (Å²) in [6.45, 7) is 2.14. The van der Waals surface area contributed by atoms with E-state index in [2.05, 4.69) is 35.7 Å². The third kappa shape index (κ3) is 2.72. The van der Waals surface area contributed by atoms with Crippen molar-refractivity contribution >= 4 is 5.69 Å². The van der Waals surface area contributed by atoms with Crippen LogP contribution in [0.25, 0.3) is 5.69 Å². The lowest BCUT2D eigenvalue weighted by Gasteiger charge is -2.13. The lowest BCUT2D eigenvalue weighted by molar-refractivity contribution is 0.868. The Morgan fingerprint density at radius 1 is 0.950 bits per heavy atom. The lowest BCUT2D eigenvalue weighted by Crippen LogP contribution is -2.05. The van der Waals surface area contributed by atoms with E-state index in [-0.39, 0.29) is 6.04 Å². The van der Waals surface area contributed by atoms with Crippen molar-refractivity contribution in [3.05, 3.63) is 78.6 Å². The molecular formula is C17H17N3. The van der Waals surface area contributed by atoms with E-state index in [4.69, 9.17) is 0 Å². The summed E-state index contributed by atoms with van der Waals surface area (Å²) in [5.41, 5.74) is 3.36. The van der Waals surface area contributed by atoms with Gasteiger partial charge in [0.05, 0.1) is 17.9 Å². The van der Waals surface area contributed by atoms with Crippen molar-refractivity contribution in [1.82, 2.24) is 9.78 Å². The Kier molecular flexibility index (Phi) is 3.50. The molecule has 100 valence electrons. The highest BCUT2D eigenvalue weighted by Gasteiger charge is 2.08. The van der Waals surface area contributed by atoms with Crippen LogP contribution in [0.1, 0.15) is 18.5 Å². The van der Waals surface area contributed by atoms with Crippen LogP contribution in [0.2, 0.25) is 0 Å². The van der Waals surface area contributed by atoms with Gasteiger partial charge in [-0.3, -0.25) is 0 Å². The maximum Gasteiger partial charge on any atom is 0.0645 e. The van der Waals surface area contributed by atoms with Gasteiger partial charge in [0.25, 0.3) is 0 Å². The molecule has 0 aliphatic rings. The maximum atomic E-state index is 4.43. The summed E-state index contributed by atoms with van der Waals surface area (Å²) < 4.78 is 1.90. The molecule has 20 heavy (non-hydrogen) atoms. The first-order valence-corrected chi connectivity index (χ1v) is 6.74. The summed E-state index contributed by atoms with van der Waals surface area (Å²) in [5, 5.41) is 7.90. The zero-order valence-corrected chi connectivity index (χ0v) is 11.4. The average Bonchev–Trinajstić information content (AvgIpc) is 2.99. The Bertz CT molecular complexity index is 659. The van der Waals surface area contributed by atoms with Crippen molar-refractivity contribution in [2.75, 3.05) is 5.32 Å². The summed E-state index contributed by atoms with van der Waals surface area (Å²) in [6.07, 6.45) is 3.98. The number of nitrogens with one attached hydrogen (secondary N) is 1. The molecule has 3 heteroatoms. The Morgan fingerprint density at radius 3 is 2.30 bits per heavy atom. The summed E-state index contributed by atoms with van der Waals surface area (Å²) >= 11 is 0. The molecule has 1 N–H and O–H groups in total. The van der Waals surface area contributed by atoms with E-state index < -0.39 is 0 Å². The minimum absolute atomic E-state index is 0.217. The van der Waals surface area contributed by atoms with E-state index in [1.807, 2.05) is 59.4 Å². The number of nitrogens with zero attached hydrogens (tertiary/aromatic N) is 2. The van der Waals surface area contributed by atoms with Crippen LogP contribution in [0, 0.1) is 0 Å². The fourth-order valence-corrected chi connectivity index (χ4v) is 2.15. The van der Waals surface area contributed by atoms with Crippen molar-refractivity contribution in [2.45, 2.75) is 13.0 Å². The van der Waals surface area contributed by atoms with E-state index in [1.165, 1.54) is 0 Å². The monoisotopic (exact) mass is 263 g/mol. The average molecular weight is 263 g/mol. The summed E-state index contributed by atoms with van der Waals surface area (Å²) in [6, 6.07) is 20.6. The van der Waals surface area contributed by atoms with Gasteiger partial charge in [0, 0.05) is 17.4 Å². The molecule has 0 aliphatic carbocycles. The molecule has 1 unspecified atom stereocenters. The largest absolute Gasteiger partial charge is 0.378 e. The summed E-state index contributed by atoms with van der Waals surface area (Å²) in [5.74, 6) is 0. The third-order valence-electron chi connectivity index (χ3n) is 3.28. The van der Waals surface area contributed by atoms with Crippen LogP contribution < -0.4 is 5.32 Å². The van der Waals surface area contributed by atoms with Gasteiger partial charge in [-0.25, -0.2) is 4.68 Å². The van der Waals surface area contributed by atoms with Gasteiger partial charge >= 0.3 is 0 Å². The quantitative estimate of drug-likeness (QED) is 0.769. The van der Waals surface area contributed by atoms with Gasteiger partial charge in [-0.05, 0) is 31.2 Å². The SMILES string of the molecule is CC(Nc1ccccc1)c1cnn(-c2ccccc2)c1. The van der Waals surface area contributed by atoms with E-state index in [9.17, 15) is 0 Å². The molecule has 3 nitrogen and oxygen atoms in total. The molecular weight excluding hydrogens is 246 g/mol. The predicted molar refractivity (Wildman–Crippen MR) is 82.0 cm³/mol. The number of hydrogen-bond acceptors (Lipinski definition) is 2. The lowest BCUT2D eigenvalue weighted by atomic mass is 10.2. The molecule has 0 bridgehead atoms. The minimum Gasteiger partial charge on any atom is -0.378 e. The Labute approximate surface area is 118 Å². The zero-order valence-electron chi connectivity index (χ0n) is 11.4. The van der Waals surface area contributed by atoms with E-state index >= 15 is 0 Å². The van der Waals surface area contributed by atoms with Crippen molar-refractivity contribution in [3.8, 4) is 5.69 Å². The van der Waals surface area contributed by atoms with Crippen molar-refractivity contribution < 1.29 is 0 Å². The van der Waals surface area contributed by atoms with E-state index in [0.29, 0.717) is 0 Å². The topological polar surface area (TPSA) is 29.9 Å². The Morgan fingerprint density at radius 2 is 1.60 bits per heavy atom. The van der Waals surface area contributed by atoms with Gasteiger partial charge in [0.15, 0.2) is 0 Å². The van der Waals surface area contributed by atoms with Gasteiger partial charge in [0.1, 0.15) is 0 Å². The van der Waals surface area contributed by atoms with Gasteiger partial charge in [-0.2, -0.15) is 5.10 Å². The first kappa shape index (κ1) is 12.5. The number of hydrogen-bond donors (Lipinski definition) is 1. The molecule has 0 aliphatic heterocycles. The molecule has 0 radical (unpaired) electrons. The second kappa shape index (κ2) is 5.61. The first-order chi connectivity index (χ1) is 9.83. The number of para-hydroxylation sites is 2. The molecule has 1 atom stereocenters. The van der Waals surface area contributed by atoms with Gasteiger partial charge in [-0.1, -0.05) is 36.4 Å². The van der Waals surface area contributed by atoms with Gasteiger partial charge in [0.2, 0.25) is 0 Å². The molecule has 3 rings (SSSR count). The Hall–Kier alpha value is -2.55. The van der Waals surface area contributed by atoms with Crippen molar-refractivity contribution in [1.29, 1.82) is 0 Å². The number of benzene rings is 2. The van der Waals surface area contributed by atoms with Crippen LogP contribution >= 0.6 is 0 Å².